The van der Waals surface area contributed by atoms with E-state index >= 15 is 0 Å². The van der Waals surface area contributed by atoms with Crippen LogP contribution in [0.3, 0.4) is 0 Å². The molecule has 2 aliphatic heterocycles. The minimum Gasteiger partial charge on any atom is -0.378 e. The van der Waals surface area contributed by atoms with E-state index in [9.17, 15) is 4.79 Å². The molecule has 2 aliphatic rings. The van der Waals surface area contributed by atoms with Crippen molar-refractivity contribution in [3.63, 3.8) is 0 Å². The second kappa shape index (κ2) is 10.2. The zero-order valence-electron chi connectivity index (χ0n) is 17.1. The number of nitrogens with one attached hydrogen (secondary N) is 1. The number of hydrogen-bond acceptors (Lipinski definition) is 5. The molecule has 2 fully saturated rings. The quantitative estimate of drug-likeness (QED) is 0.760. The van der Waals surface area contributed by atoms with Gasteiger partial charge < -0.3 is 24.6 Å². The van der Waals surface area contributed by atoms with Crippen molar-refractivity contribution in [2.24, 2.45) is 0 Å². The number of carbonyl (C=O) groups is 1. The summed E-state index contributed by atoms with van der Waals surface area (Å²) >= 11 is 5.94. The van der Waals surface area contributed by atoms with Crippen LogP contribution in [-0.2, 0) is 20.7 Å². The summed E-state index contributed by atoms with van der Waals surface area (Å²) in [4.78, 5) is 17.3. The van der Waals surface area contributed by atoms with Gasteiger partial charge in [-0.25, -0.2) is 0 Å². The summed E-state index contributed by atoms with van der Waals surface area (Å²) in [7, 11) is 0. The van der Waals surface area contributed by atoms with Crippen molar-refractivity contribution in [3.05, 3.63) is 53.1 Å². The first-order valence-corrected chi connectivity index (χ1v) is 10.9. The molecule has 2 saturated heterocycles. The molecule has 1 amide bonds. The smallest absolute Gasteiger partial charge is 0.224 e. The summed E-state index contributed by atoms with van der Waals surface area (Å²) in [5.41, 5.74) is 4.18. The fourth-order valence-corrected chi connectivity index (χ4v) is 3.96. The Morgan fingerprint density at radius 2 is 1.53 bits per heavy atom. The van der Waals surface area contributed by atoms with Gasteiger partial charge in [-0.1, -0.05) is 23.7 Å². The van der Waals surface area contributed by atoms with E-state index in [0.29, 0.717) is 31.1 Å². The molecular formula is C23H28ClN3O3. The first-order chi connectivity index (χ1) is 14.7. The summed E-state index contributed by atoms with van der Waals surface area (Å²) in [6.07, 6.45) is 1.11. The van der Waals surface area contributed by atoms with E-state index in [1.807, 2.05) is 30.3 Å². The molecule has 0 saturated carbocycles. The summed E-state index contributed by atoms with van der Waals surface area (Å²) in [5, 5.41) is 3.84. The molecular weight excluding hydrogens is 402 g/mol. The number of benzene rings is 2. The number of carbonyl (C=O) groups excluding carboxylic acids is 1. The zero-order valence-corrected chi connectivity index (χ0v) is 17.9. The minimum atomic E-state index is 0.0126. The molecule has 0 atom stereocenters. The number of morpholine rings is 2. The third kappa shape index (κ3) is 5.45. The first-order valence-electron chi connectivity index (χ1n) is 10.5. The lowest BCUT2D eigenvalue weighted by molar-refractivity contribution is -0.116. The van der Waals surface area contributed by atoms with Crippen LogP contribution in [0.2, 0.25) is 5.02 Å². The molecule has 1 N–H and O–H groups in total. The SMILES string of the molecule is O=C(CCc1ccc(Cl)cc1)Nc1ccc(N2CCOCC2)cc1N1CCOCC1. The number of nitrogens with zero attached hydrogens (tertiary/aromatic N) is 2. The van der Waals surface area contributed by atoms with Gasteiger partial charge in [0.15, 0.2) is 0 Å². The predicted octanol–water partition coefficient (Wildman–Crippen LogP) is 3.58. The molecule has 0 bridgehead atoms. The number of halogens is 1. The van der Waals surface area contributed by atoms with E-state index in [4.69, 9.17) is 21.1 Å². The Balaban J connectivity index is 1.47. The lowest BCUT2D eigenvalue weighted by Gasteiger charge is -2.33. The Hall–Kier alpha value is -2.28. The normalized spacial score (nSPS) is 17.1. The zero-order chi connectivity index (χ0) is 20.8. The van der Waals surface area contributed by atoms with E-state index in [-0.39, 0.29) is 5.91 Å². The van der Waals surface area contributed by atoms with Crippen LogP contribution in [0, 0.1) is 0 Å². The van der Waals surface area contributed by atoms with Crippen LogP contribution in [-0.4, -0.2) is 58.5 Å². The van der Waals surface area contributed by atoms with Gasteiger partial charge in [0, 0.05) is 43.3 Å². The molecule has 160 valence electrons. The van der Waals surface area contributed by atoms with Gasteiger partial charge in [-0.2, -0.15) is 0 Å². The Labute approximate surface area is 182 Å². The van der Waals surface area contributed by atoms with E-state index in [0.717, 1.165) is 56.3 Å². The highest BCUT2D eigenvalue weighted by Gasteiger charge is 2.19. The van der Waals surface area contributed by atoms with Crippen LogP contribution in [0.4, 0.5) is 17.1 Å². The first kappa shape index (κ1) is 21.0. The van der Waals surface area contributed by atoms with E-state index in [2.05, 4.69) is 27.2 Å². The second-order valence-corrected chi connectivity index (χ2v) is 8.01. The van der Waals surface area contributed by atoms with Crippen molar-refractivity contribution in [2.75, 3.05) is 67.7 Å². The highest BCUT2D eigenvalue weighted by molar-refractivity contribution is 6.30. The third-order valence-electron chi connectivity index (χ3n) is 5.54. The van der Waals surface area contributed by atoms with Crippen LogP contribution in [0.25, 0.3) is 0 Å². The average molecular weight is 430 g/mol. The van der Waals surface area contributed by atoms with E-state index in [1.54, 1.807) is 0 Å². The number of ether oxygens (including phenoxy) is 2. The molecule has 4 rings (SSSR count). The second-order valence-electron chi connectivity index (χ2n) is 7.57. The van der Waals surface area contributed by atoms with Crippen molar-refractivity contribution in [1.82, 2.24) is 0 Å². The van der Waals surface area contributed by atoms with Gasteiger partial charge in [0.2, 0.25) is 5.91 Å². The van der Waals surface area contributed by atoms with Crippen LogP contribution < -0.4 is 15.1 Å². The highest BCUT2D eigenvalue weighted by atomic mass is 35.5. The molecule has 30 heavy (non-hydrogen) atoms. The van der Waals surface area contributed by atoms with Gasteiger partial charge in [-0.05, 0) is 42.3 Å². The van der Waals surface area contributed by atoms with Crippen molar-refractivity contribution in [3.8, 4) is 0 Å². The Morgan fingerprint density at radius 1 is 0.900 bits per heavy atom. The molecule has 0 spiro atoms. The lowest BCUT2D eigenvalue weighted by Crippen LogP contribution is -2.38. The molecule has 2 aromatic carbocycles. The van der Waals surface area contributed by atoms with Crippen LogP contribution in [0.5, 0.6) is 0 Å². The molecule has 0 aliphatic carbocycles. The monoisotopic (exact) mass is 429 g/mol. The third-order valence-corrected chi connectivity index (χ3v) is 5.79. The number of amides is 1. The molecule has 2 heterocycles. The fraction of sp³-hybridized carbons (Fsp3) is 0.435. The average Bonchev–Trinajstić information content (AvgIpc) is 2.80. The van der Waals surface area contributed by atoms with Crippen LogP contribution in [0.15, 0.2) is 42.5 Å². The number of anilines is 3. The molecule has 0 unspecified atom stereocenters. The van der Waals surface area contributed by atoms with Crippen LogP contribution in [0.1, 0.15) is 12.0 Å². The maximum atomic E-state index is 12.7. The molecule has 0 aromatic heterocycles. The largest absolute Gasteiger partial charge is 0.378 e. The predicted molar refractivity (Wildman–Crippen MR) is 121 cm³/mol. The maximum absolute atomic E-state index is 12.7. The topological polar surface area (TPSA) is 54.0 Å². The number of hydrogen-bond donors (Lipinski definition) is 1. The van der Waals surface area contributed by atoms with Crippen molar-refractivity contribution in [1.29, 1.82) is 0 Å². The van der Waals surface area contributed by atoms with Crippen molar-refractivity contribution < 1.29 is 14.3 Å². The van der Waals surface area contributed by atoms with Gasteiger partial charge >= 0.3 is 0 Å². The number of aryl methyl sites for hydroxylation is 1. The highest BCUT2D eigenvalue weighted by Crippen LogP contribution is 2.32. The van der Waals surface area contributed by atoms with Gasteiger partial charge in [0.1, 0.15) is 0 Å². The Kier molecular flexibility index (Phi) is 7.10. The van der Waals surface area contributed by atoms with Crippen molar-refractivity contribution >= 4 is 34.6 Å². The minimum absolute atomic E-state index is 0.0126. The van der Waals surface area contributed by atoms with Gasteiger partial charge in [0.25, 0.3) is 0 Å². The summed E-state index contributed by atoms with van der Waals surface area (Å²) in [5.74, 6) is 0.0126. The molecule has 0 radical (unpaired) electrons. The van der Waals surface area contributed by atoms with Gasteiger partial charge in [-0.15, -0.1) is 0 Å². The Morgan fingerprint density at radius 3 is 2.20 bits per heavy atom. The van der Waals surface area contributed by atoms with Crippen LogP contribution >= 0.6 is 11.6 Å². The van der Waals surface area contributed by atoms with Gasteiger partial charge in [0.05, 0.1) is 37.8 Å². The summed E-state index contributed by atoms with van der Waals surface area (Å²) in [6, 6.07) is 13.9. The van der Waals surface area contributed by atoms with Gasteiger partial charge in [-0.3, -0.25) is 4.79 Å². The fourth-order valence-electron chi connectivity index (χ4n) is 3.83. The Bertz CT molecular complexity index is 847. The maximum Gasteiger partial charge on any atom is 0.224 e. The van der Waals surface area contributed by atoms with E-state index in [1.165, 1.54) is 5.69 Å². The standard InChI is InChI=1S/C23H28ClN3O3/c24-19-4-1-18(2-5-19)3-8-23(28)25-21-7-6-20(26-9-13-29-14-10-26)17-22(21)27-11-15-30-16-12-27/h1-2,4-7,17H,3,8-16H2,(H,25,28). The molecule has 7 heteroatoms. The lowest BCUT2D eigenvalue weighted by atomic mass is 10.1. The van der Waals surface area contributed by atoms with E-state index < -0.39 is 0 Å². The summed E-state index contributed by atoms with van der Waals surface area (Å²) < 4.78 is 11.0. The molecule has 6 nitrogen and oxygen atoms in total. The number of rotatable bonds is 6. The van der Waals surface area contributed by atoms with Crippen molar-refractivity contribution in [2.45, 2.75) is 12.8 Å². The molecule has 2 aromatic rings. The summed E-state index contributed by atoms with van der Waals surface area (Å²) in [6.45, 7) is 6.30.